The Morgan fingerprint density at radius 2 is 1.93 bits per heavy atom. The number of nitrogens with zero attached hydrogens (tertiary/aromatic N) is 1. The minimum Gasteiger partial charge on any atom is -0.327 e. The highest BCUT2D eigenvalue weighted by Gasteiger charge is 2.29. The monoisotopic (exact) mass is 211 g/mol. The first-order valence-electron chi connectivity index (χ1n) is 6.45. The number of likely N-dealkylation sites (tertiary alicyclic amines) is 1. The van der Waals surface area contributed by atoms with Crippen molar-refractivity contribution in [1.82, 2.24) is 4.90 Å². The van der Waals surface area contributed by atoms with Gasteiger partial charge in [-0.2, -0.15) is 0 Å². The Labute approximate surface area is 93.2 Å². The third kappa shape index (κ3) is 3.16. The van der Waals surface area contributed by atoms with Crippen LogP contribution in [0.4, 0.5) is 0 Å². The van der Waals surface area contributed by atoms with Crippen molar-refractivity contribution in [2.24, 2.45) is 11.5 Å². The van der Waals surface area contributed by atoms with Gasteiger partial charge in [-0.3, -0.25) is 0 Å². The van der Waals surface area contributed by atoms with Gasteiger partial charge in [0.15, 0.2) is 0 Å². The molecular formula is C12H25N3. The van der Waals surface area contributed by atoms with Gasteiger partial charge in [-0.15, -0.1) is 0 Å². The SMILES string of the molecule is NC1CCCN(CCC2(N)CCCC2)C1. The predicted octanol–water partition coefficient (Wildman–Crippen LogP) is 1.07. The molecule has 1 heterocycles. The standard InChI is InChI=1S/C12H25N3/c13-11-4-3-8-15(10-11)9-7-12(14)5-1-2-6-12/h11H,1-10,13-14H2. The molecule has 0 bridgehead atoms. The van der Waals surface area contributed by atoms with Gasteiger partial charge in [-0.1, -0.05) is 12.8 Å². The summed E-state index contributed by atoms with van der Waals surface area (Å²) in [7, 11) is 0. The first kappa shape index (κ1) is 11.4. The van der Waals surface area contributed by atoms with E-state index < -0.39 is 0 Å². The zero-order valence-electron chi connectivity index (χ0n) is 9.75. The molecule has 4 N–H and O–H groups in total. The molecule has 1 unspecified atom stereocenters. The van der Waals surface area contributed by atoms with Crippen molar-refractivity contribution < 1.29 is 0 Å². The molecule has 1 atom stereocenters. The van der Waals surface area contributed by atoms with Crippen LogP contribution in [0.5, 0.6) is 0 Å². The number of piperidine rings is 1. The van der Waals surface area contributed by atoms with Gasteiger partial charge in [0.25, 0.3) is 0 Å². The molecule has 0 aromatic rings. The van der Waals surface area contributed by atoms with Crippen molar-refractivity contribution in [2.45, 2.75) is 56.5 Å². The molecule has 0 aromatic heterocycles. The number of rotatable bonds is 3. The van der Waals surface area contributed by atoms with Crippen LogP contribution in [0.3, 0.4) is 0 Å². The average Bonchev–Trinajstić information content (AvgIpc) is 2.63. The first-order valence-corrected chi connectivity index (χ1v) is 6.45. The van der Waals surface area contributed by atoms with Gasteiger partial charge in [0.2, 0.25) is 0 Å². The van der Waals surface area contributed by atoms with Crippen molar-refractivity contribution in [3.8, 4) is 0 Å². The van der Waals surface area contributed by atoms with Crippen molar-refractivity contribution in [3.05, 3.63) is 0 Å². The van der Waals surface area contributed by atoms with E-state index in [0.717, 1.165) is 13.1 Å². The van der Waals surface area contributed by atoms with E-state index in [1.807, 2.05) is 0 Å². The summed E-state index contributed by atoms with van der Waals surface area (Å²) in [6, 6.07) is 0.399. The van der Waals surface area contributed by atoms with Crippen molar-refractivity contribution in [2.75, 3.05) is 19.6 Å². The van der Waals surface area contributed by atoms with E-state index in [1.54, 1.807) is 0 Å². The van der Waals surface area contributed by atoms with E-state index in [2.05, 4.69) is 4.90 Å². The van der Waals surface area contributed by atoms with Gasteiger partial charge in [-0.05, 0) is 45.2 Å². The van der Waals surface area contributed by atoms with Crippen molar-refractivity contribution >= 4 is 0 Å². The second kappa shape index (κ2) is 4.81. The highest BCUT2D eigenvalue weighted by Crippen LogP contribution is 2.30. The molecule has 1 aliphatic heterocycles. The molecule has 2 rings (SSSR count). The molecular weight excluding hydrogens is 186 g/mol. The molecule has 88 valence electrons. The fourth-order valence-corrected chi connectivity index (χ4v) is 3.00. The van der Waals surface area contributed by atoms with Crippen molar-refractivity contribution in [1.29, 1.82) is 0 Å². The lowest BCUT2D eigenvalue weighted by atomic mass is 9.94. The molecule has 1 saturated carbocycles. The molecule has 0 spiro atoms. The number of nitrogens with two attached hydrogens (primary N) is 2. The Hall–Kier alpha value is -0.120. The number of hydrogen-bond acceptors (Lipinski definition) is 3. The minimum absolute atomic E-state index is 0.154. The van der Waals surface area contributed by atoms with Gasteiger partial charge >= 0.3 is 0 Å². The lowest BCUT2D eigenvalue weighted by Gasteiger charge is -2.33. The predicted molar refractivity (Wildman–Crippen MR) is 63.7 cm³/mol. The summed E-state index contributed by atoms with van der Waals surface area (Å²) in [5.41, 5.74) is 12.5. The highest BCUT2D eigenvalue weighted by atomic mass is 15.1. The quantitative estimate of drug-likeness (QED) is 0.734. The Morgan fingerprint density at radius 1 is 1.20 bits per heavy atom. The fourth-order valence-electron chi connectivity index (χ4n) is 3.00. The molecule has 0 radical (unpaired) electrons. The molecule has 1 aliphatic carbocycles. The zero-order valence-corrected chi connectivity index (χ0v) is 9.75. The summed E-state index contributed by atoms with van der Waals surface area (Å²) >= 11 is 0. The largest absolute Gasteiger partial charge is 0.327 e. The van der Waals surface area contributed by atoms with Crippen LogP contribution in [0.25, 0.3) is 0 Å². The summed E-state index contributed by atoms with van der Waals surface area (Å²) in [5, 5.41) is 0. The minimum atomic E-state index is 0.154. The van der Waals surface area contributed by atoms with Crippen LogP contribution in [-0.2, 0) is 0 Å². The maximum Gasteiger partial charge on any atom is 0.0168 e. The van der Waals surface area contributed by atoms with E-state index in [-0.39, 0.29) is 5.54 Å². The van der Waals surface area contributed by atoms with Crippen LogP contribution < -0.4 is 11.5 Å². The Balaban J connectivity index is 1.72. The van der Waals surface area contributed by atoms with E-state index in [0.29, 0.717) is 6.04 Å². The van der Waals surface area contributed by atoms with E-state index in [1.165, 1.54) is 51.5 Å². The van der Waals surface area contributed by atoms with Gasteiger partial charge in [0.1, 0.15) is 0 Å². The average molecular weight is 211 g/mol. The second-order valence-corrected chi connectivity index (χ2v) is 5.52. The Morgan fingerprint density at radius 3 is 2.60 bits per heavy atom. The summed E-state index contributed by atoms with van der Waals surface area (Å²) in [6.45, 7) is 3.46. The molecule has 3 nitrogen and oxygen atoms in total. The van der Waals surface area contributed by atoms with Gasteiger partial charge in [0, 0.05) is 18.1 Å². The molecule has 0 amide bonds. The van der Waals surface area contributed by atoms with Crippen LogP contribution in [0.1, 0.15) is 44.9 Å². The third-order valence-corrected chi connectivity index (χ3v) is 4.07. The van der Waals surface area contributed by atoms with Crippen LogP contribution >= 0.6 is 0 Å². The summed E-state index contributed by atoms with van der Waals surface area (Å²) in [6.07, 6.45) is 8.74. The maximum atomic E-state index is 6.35. The van der Waals surface area contributed by atoms with Gasteiger partial charge in [-0.25, -0.2) is 0 Å². The zero-order chi connectivity index (χ0) is 10.7. The van der Waals surface area contributed by atoms with E-state index >= 15 is 0 Å². The van der Waals surface area contributed by atoms with E-state index in [4.69, 9.17) is 11.5 Å². The van der Waals surface area contributed by atoms with E-state index in [9.17, 15) is 0 Å². The van der Waals surface area contributed by atoms with Crippen LogP contribution in [0.2, 0.25) is 0 Å². The summed E-state index contributed by atoms with van der Waals surface area (Å²) in [4.78, 5) is 2.50. The lowest BCUT2D eigenvalue weighted by molar-refractivity contribution is 0.189. The summed E-state index contributed by atoms with van der Waals surface area (Å²) < 4.78 is 0. The topological polar surface area (TPSA) is 55.3 Å². The molecule has 3 heteroatoms. The van der Waals surface area contributed by atoms with Crippen molar-refractivity contribution in [3.63, 3.8) is 0 Å². The molecule has 15 heavy (non-hydrogen) atoms. The Kier molecular flexibility index (Phi) is 3.65. The normalized spacial score (nSPS) is 32.0. The fraction of sp³-hybridized carbons (Fsp3) is 1.00. The third-order valence-electron chi connectivity index (χ3n) is 4.07. The molecule has 1 saturated heterocycles. The smallest absolute Gasteiger partial charge is 0.0168 e. The lowest BCUT2D eigenvalue weighted by Crippen LogP contribution is -2.46. The van der Waals surface area contributed by atoms with Crippen LogP contribution in [0, 0.1) is 0 Å². The van der Waals surface area contributed by atoms with Crippen LogP contribution in [0.15, 0.2) is 0 Å². The Bertz CT molecular complexity index is 199. The molecule has 2 fully saturated rings. The van der Waals surface area contributed by atoms with Gasteiger partial charge in [0.05, 0.1) is 0 Å². The van der Waals surface area contributed by atoms with Gasteiger partial charge < -0.3 is 16.4 Å². The number of hydrogen-bond donors (Lipinski definition) is 2. The summed E-state index contributed by atoms with van der Waals surface area (Å²) in [5.74, 6) is 0. The second-order valence-electron chi connectivity index (χ2n) is 5.52. The molecule has 0 aromatic carbocycles. The molecule has 2 aliphatic rings. The highest BCUT2D eigenvalue weighted by molar-refractivity contribution is 4.90. The maximum absolute atomic E-state index is 6.35. The first-order chi connectivity index (χ1) is 7.18. The van der Waals surface area contributed by atoms with Crippen LogP contribution in [-0.4, -0.2) is 36.1 Å².